The summed E-state index contributed by atoms with van der Waals surface area (Å²) >= 11 is 1.42. The highest BCUT2D eigenvalue weighted by atomic mass is 32.1. The van der Waals surface area contributed by atoms with Gasteiger partial charge in [-0.15, -0.1) is 11.3 Å². The van der Waals surface area contributed by atoms with Crippen molar-refractivity contribution < 1.29 is 9.18 Å². The molecule has 1 saturated heterocycles. The third kappa shape index (κ3) is 4.40. The smallest absolute Gasteiger partial charge is 0.252 e. The van der Waals surface area contributed by atoms with E-state index in [2.05, 4.69) is 25.6 Å². The van der Waals surface area contributed by atoms with E-state index < -0.39 is 18.1 Å². The van der Waals surface area contributed by atoms with Crippen molar-refractivity contribution in [1.82, 2.24) is 15.0 Å². The van der Waals surface area contributed by atoms with Crippen LogP contribution in [0.3, 0.4) is 0 Å². The highest BCUT2D eigenvalue weighted by molar-refractivity contribution is 7.13. The maximum atomic E-state index is 15.0. The van der Waals surface area contributed by atoms with Crippen LogP contribution in [0, 0.1) is 0 Å². The van der Waals surface area contributed by atoms with Gasteiger partial charge in [0.2, 0.25) is 0 Å². The van der Waals surface area contributed by atoms with E-state index in [1.54, 1.807) is 30.6 Å². The lowest BCUT2D eigenvalue weighted by atomic mass is 10.0. The van der Waals surface area contributed by atoms with Crippen LogP contribution in [0.4, 0.5) is 32.5 Å². The Kier molecular flexibility index (Phi) is 5.61. The first-order valence-corrected chi connectivity index (χ1v) is 10.2. The summed E-state index contributed by atoms with van der Waals surface area (Å²) in [5.74, 6) is 0.531. The lowest BCUT2D eigenvalue weighted by Gasteiger charge is -2.36. The number of carbonyl (C=O) groups excluding carboxylic acids is 1. The van der Waals surface area contributed by atoms with Gasteiger partial charge >= 0.3 is 0 Å². The van der Waals surface area contributed by atoms with Crippen LogP contribution in [0.5, 0.6) is 0 Å². The van der Waals surface area contributed by atoms with Crippen LogP contribution in [0.1, 0.15) is 16.8 Å². The molecule has 1 aliphatic heterocycles. The molecule has 30 heavy (non-hydrogen) atoms. The molecular formula is C19H21FN8OS. The molecule has 9 nitrogen and oxygen atoms in total. The molecule has 0 saturated carbocycles. The third-order valence-electron chi connectivity index (χ3n) is 4.81. The monoisotopic (exact) mass is 428 g/mol. The third-order valence-corrected chi connectivity index (χ3v) is 5.50. The van der Waals surface area contributed by atoms with Gasteiger partial charge in [0, 0.05) is 30.4 Å². The Morgan fingerprint density at radius 1 is 1.27 bits per heavy atom. The number of anilines is 5. The minimum Gasteiger partial charge on any atom is -0.397 e. The van der Waals surface area contributed by atoms with Gasteiger partial charge in [-0.3, -0.25) is 4.79 Å². The zero-order valence-electron chi connectivity index (χ0n) is 16.0. The molecular weight excluding hydrogens is 407 g/mol. The van der Waals surface area contributed by atoms with E-state index >= 15 is 0 Å². The molecule has 6 N–H and O–H groups in total. The fraction of sp³-hybridized carbons (Fsp3) is 0.263. The van der Waals surface area contributed by atoms with Crippen molar-refractivity contribution in [3.63, 3.8) is 0 Å². The molecule has 3 aromatic heterocycles. The van der Waals surface area contributed by atoms with E-state index in [1.807, 2.05) is 10.3 Å². The molecule has 0 aromatic carbocycles. The molecule has 1 amide bonds. The zero-order chi connectivity index (χ0) is 21.1. The topological polar surface area (TPSA) is 135 Å². The first-order chi connectivity index (χ1) is 14.5. The van der Waals surface area contributed by atoms with Gasteiger partial charge in [0.05, 0.1) is 35.7 Å². The van der Waals surface area contributed by atoms with Crippen molar-refractivity contribution >= 4 is 45.4 Å². The number of rotatable bonds is 6. The number of halogens is 1. The van der Waals surface area contributed by atoms with E-state index in [1.165, 1.54) is 17.5 Å². The summed E-state index contributed by atoms with van der Waals surface area (Å²) in [5.41, 5.74) is 12.3. The van der Waals surface area contributed by atoms with E-state index in [4.69, 9.17) is 11.5 Å². The molecule has 2 atom stereocenters. The maximum absolute atomic E-state index is 15.0. The molecule has 0 aliphatic carbocycles. The van der Waals surface area contributed by atoms with Crippen molar-refractivity contribution in [2.45, 2.75) is 18.6 Å². The van der Waals surface area contributed by atoms with E-state index in [0.29, 0.717) is 41.1 Å². The van der Waals surface area contributed by atoms with Crippen LogP contribution in [0.25, 0.3) is 0 Å². The van der Waals surface area contributed by atoms with Gasteiger partial charge in [-0.05, 0) is 18.6 Å². The van der Waals surface area contributed by atoms with Crippen LogP contribution < -0.4 is 27.0 Å². The standard InChI is InChI=1S/C19H21FN8OS/c20-13-10-28(17-2-1-11(21)8-25-17)5-3-14(13)26-15-7-16(24-9-12(15)18(22)29)27-19-23-4-6-30-19/h1-2,4,6-9,13-14H,3,5,10,21H2,(H2,22,29)(H2,23,24,26,27)/t13-,14+/m0/s1. The summed E-state index contributed by atoms with van der Waals surface area (Å²) in [5, 5.41) is 8.69. The minimum atomic E-state index is -1.18. The fourth-order valence-electron chi connectivity index (χ4n) is 3.29. The molecule has 0 spiro atoms. The molecule has 4 heterocycles. The first-order valence-electron chi connectivity index (χ1n) is 9.33. The Balaban J connectivity index is 1.48. The van der Waals surface area contributed by atoms with Crippen LogP contribution in [0.2, 0.25) is 0 Å². The van der Waals surface area contributed by atoms with Gasteiger partial charge in [0.15, 0.2) is 5.13 Å². The van der Waals surface area contributed by atoms with Crippen LogP contribution in [-0.4, -0.2) is 46.2 Å². The van der Waals surface area contributed by atoms with Crippen LogP contribution in [0.15, 0.2) is 42.2 Å². The Labute approximate surface area is 176 Å². The van der Waals surface area contributed by atoms with Crippen molar-refractivity contribution in [2.24, 2.45) is 5.73 Å². The lowest BCUT2D eigenvalue weighted by molar-refractivity contribution is 0.100. The van der Waals surface area contributed by atoms with Gasteiger partial charge in [-0.25, -0.2) is 19.3 Å². The number of thiazole rings is 1. The summed E-state index contributed by atoms with van der Waals surface area (Å²) in [6.45, 7) is 0.784. The van der Waals surface area contributed by atoms with Gasteiger partial charge < -0.3 is 27.0 Å². The average molecular weight is 428 g/mol. The number of amides is 1. The number of primary amides is 1. The first kappa shape index (κ1) is 19.8. The summed E-state index contributed by atoms with van der Waals surface area (Å²) in [4.78, 5) is 26.3. The summed E-state index contributed by atoms with van der Waals surface area (Å²) in [6, 6.07) is 4.68. The molecule has 0 unspecified atom stereocenters. The summed E-state index contributed by atoms with van der Waals surface area (Å²) in [6.07, 6.45) is 3.94. The molecule has 11 heteroatoms. The molecule has 156 valence electrons. The lowest BCUT2D eigenvalue weighted by Crippen LogP contribution is -2.48. The van der Waals surface area contributed by atoms with E-state index in [0.717, 1.165) is 0 Å². The number of piperidine rings is 1. The second-order valence-electron chi connectivity index (χ2n) is 6.89. The number of nitrogens with two attached hydrogens (primary N) is 2. The Bertz CT molecular complexity index is 1010. The number of alkyl halides is 1. The fourth-order valence-corrected chi connectivity index (χ4v) is 3.83. The molecule has 1 aliphatic rings. The molecule has 0 radical (unpaired) electrons. The SMILES string of the molecule is NC(=O)c1cnc(Nc2nccs2)cc1N[C@@H]1CCN(c2ccc(N)cn2)C[C@@H]1F. The molecule has 3 aromatic rings. The minimum absolute atomic E-state index is 0.176. The van der Waals surface area contributed by atoms with Crippen LogP contribution >= 0.6 is 11.3 Å². The summed E-state index contributed by atoms with van der Waals surface area (Å²) < 4.78 is 15.0. The van der Waals surface area contributed by atoms with Gasteiger partial charge in [0.25, 0.3) is 5.91 Å². The molecule has 4 rings (SSSR count). The number of carbonyl (C=O) groups is 1. The summed E-state index contributed by atoms with van der Waals surface area (Å²) in [7, 11) is 0. The Hall–Kier alpha value is -3.47. The zero-order valence-corrected chi connectivity index (χ0v) is 16.8. The van der Waals surface area contributed by atoms with Crippen molar-refractivity contribution in [2.75, 3.05) is 34.4 Å². The second-order valence-corrected chi connectivity index (χ2v) is 7.79. The number of hydrogen-bond acceptors (Lipinski definition) is 9. The number of nitrogen functional groups attached to an aromatic ring is 1. The van der Waals surface area contributed by atoms with Crippen LogP contribution in [-0.2, 0) is 0 Å². The highest BCUT2D eigenvalue weighted by Gasteiger charge is 2.30. The average Bonchev–Trinajstić information content (AvgIpc) is 3.23. The predicted molar refractivity (Wildman–Crippen MR) is 116 cm³/mol. The largest absolute Gasteiger partial charge is 0.397 e. The Morgan fingerprint density at radius 3 is 2.80 bits per heavy atom. The number of hydrogen-bond donors (Lipinski definition) is 4. The predicted octanol–water partition coefficient (Wildman–Crippen LogP) is 2.39. The van der Waals surface area contributed by atoms with Crippen molar-refractivity contribution in [3.05, 3.63) is 47.7 Å². The normalized spacial score (nSPS) is 18.8. The number of aromatic nitrogens is 3. The van der Waals surface area contributed by atoms with Gasteiger partial charge in [0.1, 0.15) is 17.8 Å². The number of nitrogens with one attached hydrogen (secondary N) is 2. The highest BCUT2D eigenvalue weighted by Crippen LogP contribution is 2.27. The molecule has 1 fully saturated rings. The quantitative estimate of drug-likeness (QED) is 0.470. The molecule has 0 bridgehead atoms. The second kappa shape index (κ2) is 8.49. The van der Waals surface area contributed by atoms with Gasteiger partial charge in [-0.1, -0.05) is 0 Å². The van der Waals surface area contributed by atoms with Crippen molar-refractivity contribution in [3.8, 4) is 0 Å². The van der Waals surface area contributed by atoms with Gasteiger partial charge in [-0.2, -0.15) is 0 Å². The van der Waals surface area contributed by atoms with E-state index in [-0.39, 0.29) is 12.1 Å². The van der Waals surface area contributed by atoms with E-state index in [9.17, 15) is 9.18 Å². The maximum Gasteiger partial charge on any atom is 0.252 e. The van der Waals surface area contributed by atoms with Crippen molar-refractivity contribution in [1.29, 1.82) is 0 Å². The number of nitrogens with zero attached hydrogens (tertiary/aromatic N) is 4. The number of pyridine rings is 2. The Morgan fingerprint density at radius 2 is 2.13 bits per heavy atom.